The van der Waals surface area contributed by atoms with Crippen LogP contribution in [-0.2, 0) is 9.59 Å². The number of hydrogen-bond donors (Lipinski definition) is 1. The number of benzene rings is 2. The third-order valence-corrected chi connectivity index (χ3v) is 5.82. The van der Waals surface area contributed by atoms with Crippen LogP contribution in [0.25, 0.3) is 0 Å². The number of para-hydroxylation sites is 2. The molecule has 2 aromatic rings. The Kier molecular flexibility index (Phi) is 8.46. The molecular weight excluding hydrogens is 416 g/mol. The number of ether oxygens (including phenoxy) is 3. The molecule has 166 valence electrons. The van der Waals surface area contributed by atoms with Gasteiger partial charge in [0, 0.05) is 17.9 Å². The minimum absolute atomic E-state index is 0.0402. The molecule has 0 bridgehead atoms. The molecule has 1 fully saturated rings. The topological polar surface area (TPSA) is 77.1 Å². The Hall–Kier alpha value is -2.87. The number of rotatable bonds is 10. The molecule has 1 N–H and O–H groups in total. The predicted octanol–water partition coefficient (Wildman–Crippen LogP) is 3.79. The number of hydrogen-bond acceptors (Lipinski definition) is 6. The monoisotopic (exact) mass is 444 g/mol. The quantitative estimate of drug-likeness (QED) is 0.562. The number of thioether (sulfide) groups is 1. The smallest absolute Gasteiger partial charge is 0.248 e. The molecule has 1 aliphatic heterocycles. The van der Waals surface area contributed by atoms with E-state index in [4.69, 9.17) is 14.2 Å². The molecule has 0 spiro atoms. The van der Waals surface area contributed by atoms with Crippen LogP contribution in [0, 0.1) is 0 Å². The summed E-state index contributed by atoms with van der Waals surface area (Å²) in [5, 5.41) is 2.89. The largest absolute Gasteiger partial charge is 0.497 e. The van der Waals surface area contributed by atoms with Crippen molar-refractivity contribution in [1.82, 2.24) is 4.90 Å². The van der Waals surface area contributed by atoms with Crippen LogP contribution in [0.2, 0.25) is 0 Å². The first kappa shape index (κ1) is 22.8. The van der Waals surface area contributed by atoms with E-state index in [1.54, 1.807) is 48.0 Å². The van der Waals surface area contributed by atoms with Crippen LogP contribution in [0.5, 0.6) is 17.2 Å². The first-order valence-corrected chi connectivity index (χ1v) is 11.4. The lowest BCUT2D eigenvalue weighted by atomic mass is 10.2. The van der Waals surface area contributed by atoms with Crippen LogP contribution in [0.1, 0.15) is 19.8 Å². The van der Waals surface area contributed by atoms with Crippen molar-refractivity contribution in [2.24, 2.45) is 0 Å². The van der Waals surface area contributed by atoms with Gasteiger partial charge >= 0.3 is 0 Å². The average molecular weight is 445 g/mol. The summed E-state index contributed by atoms with van der Waals surface area (Å²) in [6.45, 7) is 2.88. The number of methoxy groups -OCH3 is 1. The summed E-state index contributed by atoms with van der Waals surface area (Å²) in [5.74, 6) is 2.98. The normalized spacial score (nSPS) is 15.4. The van der Waals surface area contributed by atoms with Crippen LogP contribution < -0.4 is 19.5 Å². The highest BCUT2D eigenvalue weighted by Crippen LogP contribution is 2.27. The zero-order valence-electron chi connectivity index (χ0n) is 17.8. The van der Waals surface area contributed by atoms with Gasteiger partial charge in [0.15, 0.2) is 11.5 Å². The van der Waals surface area contributed by atoms with Crippen molar-refractivity contribution in [3.8, 4) is 17.2 Å². The van der Waals surface area contributed by atoms with Crippen molar-refractivity contribution in [2.45, 2.75) is 25.8 Å². The van der Waals surface area contributed by atoms with E-state index in [-0.39, 0.29) is 11.8 Å². The van der Waals surface area contributed by atoms with Gasteiger partial charge in [-0.3, -0.25) is 9.59 Å². The Labute approximate surface area is 187 Å². The number of carbonyl (C=O) groups excluding carboxylic acids is 2. The lowest BCUT2D eigenvalue weighted by molar-refractivity contribution is -0.136. The van der Waals surface area contributed by atoms with Crippen LogP contribution in [-0.4, -0.2) is 54.7 Å². The van der Waals surface area contributed by atoms with Gasteiger partial charge in [0.2, 0.25) is 11.8 Å². The molecule has 1 aliphatic rings. The Morgan fingerprint density at radius 2 is 1.81 bits per heavy atom. The Morgan fingerprint density at radius 3 is 2.48 bits per heavy atom. The highest BCUT2D eigenvalue weighted by atomic mass is 32.2. The van der Waals surface area contributed by atoms with Crippen LogP contribution in [0.15, 0.2) is 48.5 Å². The fraction of sp³-hybridized carbons (Fsp3) is 0.391. The molecule has 0 aliphatic carbocycles. The van der Waals surface area contributed by atoms with E-state index in [1.165, 1.54) is 0 Å². The Bertz CT molecular complexity index is 875. The van der Waals surface area contributed by atoms with Gasteiger partial charge in [-0.2, -0.15) is 0 Å². The van der Waals surface area contributed by atoms with E-state index < -0.39 is 6.04 Å². The number of carbonyl (C=O) groups is 2. The summed E-state index contributed by atoms with van der Waals surface area (Å²) in [4.78, 5) is 27.1. The zero-order chi connectivity index (χ0) is 22.1. The lowest BCUT2D eigenvalue weighted by Gasteiger charge is -2.23. The minimum atomic E-state index is -0.473. The van der Waals surface area contributed by atoms with Crippen molar-refractivity contribution < 1.29 is 23.8 Å². The van der Waals surface area contributed by atoms with Crippen molar-refractivity contribution >= 4 is 29.3 Å². The molecule has 31 heavy (non-hydrogen) atoms. The summed E-state index contributed by atoms with van der Waals surface area (Å²) in [6.07, 6.45) is 0.886. The lowest BCUT2D eigenvalue weighted by Crippen LogP contribution is -2.44. The molecule has 0 radical (unpaired) electrons. The van der Waals surface area contributed by atoms with E-state index in [2.05, 4.69) is 5.32 Å². The summed E-state index contributed by atoms with van der Waals surface area (Å²) in [5.41, 5.74) is 0.677. The maximum Gasteiger partial charge on any atom is 0.248 e. The molecular formula is C23H28N2O5S. The Balaban J connectivity index is 1.47. The van der Waals surface area contributed by atoms with Crippen molar-refractivity contribution in [3.63, 3.8) is 0 Å². The molecule has 2 aromatic carbocycles. The highest BCUT2D eigenvalue weighted by molar-refractivity contribution is 7.99. The van der Waals surface area contributed by atoms with Gasteiger partial charge in [-0.05, 0) is 49.7 Å². The first-order valence-electron chi connectivity index (χ1n) is 10.3. The van der Waals surface area contributed by atoms with Gasteiger partial charge in [-0.15, -0.1) is 11.8 Å². The molecule has 1 heterocycles. The fourth-order valence-corrected chi connectivity index (χ4v) is 4.38. The predicted molar refractivity (Wildman–Crippen MR) is 122 cm³/mol. The molecule has 0 saturated carbocycles. The molecule has 2 amide bonds. The van der Waals surface area contributed by atoms with Crippen LogP contribution in [0.4, 0.5) is 5.69 Å². The second kappa shape index (κ2) is 11.5. The van der Waals surface area contributed by atoms with Crippen LogP contribution >= 0.6 is 11.8 Å². The van der Waals surface area contributed by atoms with Crippen molar-refractivity contribution in [1.29, 1.82) is 0 Å². The second-order valence-electron chi connectivity index (χ2n) is 6.93. The SMILES string of the molecule is CCOc1ccccc1OCCCC(=O)N1CSCC1C(=O)Nc1ccc(OC)cc1. The van der Waals surface area contributed by atoms with E-state index in [1.807, 2.05) is 31.2 Å². The number of nitrogens with zero attached hydrogens (tertiary/aromatic N) is 1. The van der Waals surface area contributed by atoms with Crippen LogP contribution in [0.3, 0.4) is 0 Å². The number of nitrogens with one attached hydrogen (secondary N) is 1. The Morgan fingerprint density at radius 1 is 1.10 bits per heavy atom. The van der Waals surface area contributed by atoms with E-state index in [0.29, 0.717) is 54.9 Å². The molecule has 8 heteroatoms. The molecule has 1 saturated heterocycles. The maximum absolute atomic E-state index is 12.7. The molecule has 1 atom stereocenters. The van der Waals surface area contributed by atoms with Crippen molar-refractivity contribution in [2.75, 3.05) is 37.3 Å². The molecule has 1 unspecified atom stereocenters. The average Bonchev–Trinajstić information content (AvgIpc) is 3.29. The zero-order valence-corrected chi connectivity index (χ0v) is 18.7. The number of anilines is 1. The summed E-state index contributed by atoms with van der Waals surface area (Å²) < 4.78 is 16.5. The van der Waals surface area contributed by atoms with Gasteiger partial charge in [-0.1, -0.05) is 12.1 Å². The van der Waals surface area contributed by atoms with Gasteiger partial charge in [-0.25, -0.2) is 0 Å². The standard InChI is InChI=1S/C23H28N2O5S/c1-3-29-20-7-4-5-8-21(20)30-14-6-9-22(26)25-16-31-15-19(25)23(27)24-17-10-12-18(28-2)13-11-17/h4-5,7-8,10-13,19H,3,6,9,14-16H2,1-2H3,(H,24,27). The second-order valence-corrected chi connectivity index (χ2v) is 7.93. The van der Waals surface area contributed by atoms with E-state index >= 15 is 0 Å². The maximum atomic E-state index is 12.7. The molecule has 7 nitrogen and oxygen atoms in total. The molecule has 3 rings (SSSR count). The summed E-state index contributed by atoms with van der Waals surface area (Å²) >= 11 is 1.58. The summed E-state index contributed by atoms with van der Waals surface area (Å²) in [7, 11) is 1.59. The van der Waals surface area contributed by atoms with E-state index in [9.17, 15) is 9.59 Å². The highest BCUT2D eigenvalue weighted by Gasteiger charge is 2.34. The minimum Gasteiger partial charge on any atom is -0.497 e. The van der Waals surface area contributed by atoms with Gasteiger partial charge in [0.05, 0.1) is 26.2 Å². The van der Waals surface area contributed by atoms with Crippen molar-refractivity contribution in [3.05, 3.63) is 48.5 Å². The molecule has 0 aromatic heterocycles. The van der Waals surface area contributed by atoms with E-state index in [0.717, 1.165) is 5.75 Å². The van der Waals surface area contributed by atoms with Gasteiger partial charge in [0.1, 0.15) is 11.8 Å². The third kappa shape index (κ3) is 6.30. The fourth-order valence-electron chi connectivity index (χ4n) is 3.20. The van der Waals surface area contributed by atoms with Gasteiger partial charge in [0.25, 0.3) is 0 Å². The third-order valence-electron chi connectivity index (χ3n) is 4.80. The first-order chi connectivity index (χ1) is 15.1. The van der Waals surface area contributed by atoms with Gasteiger partial charge < -0.3 is 24.4 Å². The summed E-state index contributed by atoms with van der Waals surface area (Å²) in [6, 6.07) is 14.1. The number of amides is 2.